The Morgan fingerprint density at radius 3 is 2.77 bits per heavy atom. The van der Waals surface area contributed by atoms with Gasteiger partial charge in [0.1, 0.15) is 18.2 Å². The molecule has 0 unspecified atom stereocenters. The second-order valence-electron chi connectivity index (χ2n) is 4.88. The van der Waals surface area contributed by atoms with E-state index in [0.29, 0.717) is 22.3 Å². The van der Waals surface area contributed by atoms with E-state index in [-0.39, 0.29) is 12.4 Å². The van der Waals surface area contributed by atoms with E-state index in [0.717, 1.165) is 9.58 Å². The van der Waals surface area contributed by atoms with E-state index in [4.69, 9.17) is 4.74 Å². The number of halogens is 1. The van der Waals surface area contributed by atoms with Gasteiger partial charge >= 0.3 is 5.97 Å². The Labute approximate surface area is 130 Å². The molecule has 0 spiro atoms. The normalized spacial score (nSPS) is 10.8. The van der Waals surface area contributed by atoms with Gasteiger partial charge in [-0.15, -0.1) is 11.3 Å². The highest BCUT2D eigenvalue weighted by Crippen LogP contribution is 2.33. The maximum atomic E-state index is 13.6. The summed E-state index contributed by atoms with van der Waals surface area (Å²) in [6.07, 6.45) is 0. The molecular weight excluding hydrogens is 303 g/mol. The smallest absolute Gasteiger partial charge is 0.337 e. The predicted octanol–water partition coefficient (Wildman–Crippen LogP) is 4.63. The molecular formula is C17H13FO3S. The van der Waals surface area contributed by atoms with Gasteiger partial charge in [-0.3, -0.25) is 0 Å². The molecule has 5 heteroatoms. The lowest BCUT2D eigenvalue weighted by molar-refractivity contribution is 0.0699. The number of thiophene rings is 1. The predicted molar refractivity (Wildman–Crippen MR) is 84.3 cm³/mol. The van der Waals surface area contributed by atoms with Crippen LogP contribution in [0.1, 0.15) is 20.8 Å². The Balaban J connectivity index is 1.90. The fourth-order valence-corrected chi connectivity index (χ4v) is 3.37. The van der Waals surface area contributed by atoms with Crippen LogP contribution in [0.3, 0.4) is 0 Å². The Morgan fingerprint density at radius 2 is 2.05 bits per heavy atom. The summed E-state index contributed by atoms with van der Waals surface area (Å²) in [6.45, 7) is 1.89. The summed E-state index contributed by atoms with van der Waals surface area (Å²) < 4.78 is 20.1. The molecule has 3 aromatic rings. The van der Waals surface area contributed by atoms with Crippen molar-refractivity contribution in [3.05, 3.63) is 64.3 Å². The van der Waals surface area contributed by atoms with Crippen LogP contribution in [0.25, 0.3) is 10.1 Å². The van der Waals surface area contributed by atoms with Crippen molar-refractivity contribution in [2.75, 3.05) is 0 Å². The number of rotatable bonds is 4. The summed E-state index contributed by atoms with van der Waals surface area (Å²) in [5.41, 5.74) is 0.763. The molecule has 0 saturated carbocycles. The number of carbonyl (C=O) groups is 1. The summed E-state index contributed by atoms with van der Waals surface area (Å²) in [5.74, 6) is -0.743. The summed E-state index contributed by atoms with van der Waals surface area (Å²) in [6, 6.07) is 11.7. The number of benzene rings is 2. The van der Waals surface area contributed by atoms with Gasteiger partial charge < -0.3 is 9.84 Å². The van der Waals surface area contributed by atoms with Crippen LogP contribution in [0, 0.1) is 12.7 Å². The number of aryl methyl sites for hydroxylation is 1. The maximum Gasteiger partial charge on any atom is 0.337 e. The largest absolute Gasteiger partial charge is 0.489 e. The fraction of sp³-hybridized carbons (Fsp3) is 0.118. The van der Waals surface area contributed by atoms with Crippen LogP contribution in [0.5, 0.6) is 5.75 Å². The Bertz CT molecular complexity index is 854. The van der Waals surface area contributed by atoms with Crippen LogP contribution >= 0.6 is 11.3 Å². The first-order chi connectivity index (χ1) is 10.6. The van der Waals surface area contributed by atoms with E-state index in [1.165, 1.54) is 17.4 Å². The van der Waals surface area contributed by atoms with Crippen LogP contribution in [-0.2, 0) is 6.61 Å². The third kappa shape index (κ3) is 2.67. The minimum absolute atomic E-state index is 0.101. The second kappa shape index (κ2) is 5.77. The minimum Gasteiger partial charge on any atom is -0.489 e. The first-order valence-corrected chi connectivity index (χ1v) is 7.50. The summed E-state index contributed by atoms with van der Waals surface area (Å²) in [4.78, 5) is 12.1. The first-order valence-electron chi connectivity index (χ1n) is 6.69. The number of aromatic carboxylic acids is 1. The van der Waals surface area contributed by atoms with Crippen molar-refractivity contribution in [3.8, 4) is 5.75 Å². The van der Waals surface area contributed by atoms with Gasteiger partial charge in [0.2, 0.25) is 0 Å². The third-order valence-corrected chi connectivity index (χ3v) is 4.49. The van der Waals surface area contributed by atoms with Gasteiger partial charge in [0.05, 0.1) is 5.56 Å². The average Bonchev–Trinajstić information content (AvgIpc) is 2.81. The van der Waals surface area contributed by atoms with Crippen molar-refractivity contribution in [2.45, 2.75) is 13.5 Å². The number of fused-ring (bicyclic) bond motifs is 1. The molecule has 0 atom stereocenters. The molecule has 1 heterocycles. The highest BCUT2D eigenvalue weighted by atomic mass is 32.1. The zero-order chi connectivity index (χ0) is 15.7. The Kier molecular flexibility index (Phi) is 3.81. The van der Waals surface area contributed by atoms with Gasteiger partial charge in [-0.05, 0) is 31.2 Å². The van der Waals surface area contributed by atoms with Crippen LogP contribution in [0.15, 0.2) is 42.5 Å². The van der Waals surface area contributed by atoms with Crippen LogP contribution in [0.4, 0.5) is 4.39 Å². The highest BCUT2D eigenvalue weighted by Gasteiger charge is 2.16. The number of hydrogen-bond acceptors (Lipinski definition) is 3. The molecule has 0 aliphatic rings. The van der Waals surface area contributed by atoms with E-state index in [9.17, 15) is 14.3 Å². The molecule has 112 valence electrons. The molecule has 2 aromatic carbocycles. The van der Waals surface area contributed by atoms with Crippen LogP contribution in [0.2, 0.25) is 0 Å². The molecule has 1 N–H and O–H groups in total. The van der Waals surface area contributed by atoms with E-state index in [2.05, 4.69) is 0 Å². The number of carboxylic acid groups (broad SMARTS) is 1. The molecule has 0 amide bonds. The van der Waals surface area contributed by atoms with E-state index >= 15 is 0 Å². The van der Waals surface area contributed by atoms with Gasteiger partial charge in [-0.1, -0.05) is 18.2 Å². The summed E-state index contributed by atoms with van der Waals surface area (Å²) in [7, 11) is 0. The van der Waals surface area contributed by atoms with E-state index in [1.807, 2.05) is 6.07 Å². The fourth-order valence-electron chi connectivity index (χ4n) is 2.33. The summed E-state index contributed by atoms with van der Waals surface area (Å²) >= 11 is 1.44. The first kappa shape index (κ1) is 14.5. The summed E-state index contributed by atoms with van der Waals surface area (Å²) in [5, 5.41) is 9.96. The maximum absolute atomic E-state index is 13.6. The molecule has 22 heavy (non-hydrogen) atoms. The van der Waals surface area contributed by atoms with Crippen LogP contribution < -0.4 is 4.74 Å². The number of hydrogen-bond donors (Lipinski definition) is 1. The lowest BCUT2D eigenvalue weighted by Crippen LogP contribution is -1.99. The molecule has 3 nitrogen and oxygen atoms in total. The van der Waals surface area contributed by atoms with E-state index < -0.39 is 5.97 Å². The third-order valence-electron chi connectivity index (χ3n) is 3.40. The van der Waals surface area contributed by atoms with Crippen LogP contribution in [-0.4, -0.2) is 11.1 Å². The Morgan fingerprint density at radius 1 is 1.27 bits per heavy atom. The Hall–Kier alpha value is -2.40. The van der Waals surface area contributed by atoms with Gasteiger partial charge in [0.25, 0.3) is 0 Å². The number of ether oxygens (including phenoxy) is 1. The van der Waals surface area contributed by atoms with Crippen molar-refractivity contribution in [3.63, 3.8) is 0 Å². The van der Waals surface area contributed by atoms with E-state index in [1.54, 1.807) is 37.3 Å². The standard InChI is InChI=1S/C17H13FO3S/c1-10-16(17(19)20)13-8-12(6-7-15(13)22-10)21-9-11-4-2-3-5-14(11)18/h2-8H,9H2,1H3,(H,19,20). The molecule has 3 rings (SSSR count). The molecule has 0 radical (unpaired) electrons. The van der Waals surface area contributed by atoms with Crippen molar-refractivity contribution >= 4 is 27.4 Å². The van der Waals surface area contributed by atoms with Gasteiger partial charge in [0.15, 0.2) is 0 Å². The second-order valence-corrected chi connectivity index (χ2v) is 6.13. The molecule has 0 bridgehead atoms. The monoisotopic (exact) mass is 316 g/mol. The van der Waals surface area contributed by atoms with Crippen molar-refractivity contribution in [1.82, 2.24) is 0 Å². The SMILES string of the molecule is Cc1sc2ccc(OCc3ccccc3F)cc2c1C(=O)O. The quantitative estimate of drug-likeness (QED) is 0.763. The molecule has 0 saturated heterocycles. The van der Waals surface area contributed by atoms with Crippen molar-refractivity contribution in [1.29, 1.82) is 0 Å². The molecule has 1 aromatic heterocycles. The van der Waals surface area contributed by atoms with Crippen molar-refractivity contribution in [2.24, 2.45) is 0 Å². The topological polar surface area (TPSA) is 46.5 Å². The zero-order valence-electron chi connectivity index (χ0n) is 11.8. The lowest BCUT2D eigenvalue weighted by atomic mass is 10.1. The molecule has 0 aliphatic carbocycles. The van der Waals surface area contributed by atoms with Gasteiger partial charge in [-0.25, -0.2) is 9.18 Å². The number of carboxylic acids is 1. The van der Waals surface area contributed by atoms with Gasteiger partial charge in [-0.2, -0.15) is 0 Å². The average molecular weight is 316 g/mol. The van der Waals surface area contributed by atoms with Gasteiger partial charge in [0, 0.05) is 20.5 Å². The molecule has 0 aliphatic heterocycles. The highest BCUT2D eigenvalue weighted by molar-refractivity contribution is 7.19. The van der Waals surface area contributed by atoms with Crippen molar-refractivity contribution < 1.29 is 19.0 Å². The zero-order valence-corrected chi connectivity index (χ0v) is 12.6. The molecule has 0 fully saturated rings. The minimum atomic E-state index is -0.949. The lowest BCUT2D eigenvalue weighted by Gasteiger charge is -2.07.